The third-order valence-corrected chi connectivity index (χ3v) is 3.42. The summed E-state index contributed by atoms with van der Waals surface area (Å²) in [4.78, 5) is 15.5. The van der Waals surface area contributed by atoms with Gasteiger partial charge in [-0.15, -0.1) is 5.10 Å². The monoisotopic (exact) mass is 290 g/mol. The van der Waals surface area contributed by atoms with Crippen molar-refractivity contribution in [2.75, 3.05) is 7.11 Å². The summed E-state index contributed by atoms with van der Waals surface area (Å²) in [5.74, 6) is -0.277. The van der Waals surface area contributed by atoms with Crippen LogP contribution in [0.4, 0.5) is 0 Å². The lowest BCUT2D eigenvalue weighted by atomic mass is 10.1. The Bertz CT molecular complexity index is 679. The molecule has 0 aliphatic heterocycles. The number of methoxy groups -OCH3 is 1. The van der Waals surface area contributed by atoms with E-state index in [-0.39, 0.29) is 5.69 Å². The van der Waals surface area contributed by atoms with Crippen molar-refractivity contribution in [3.05, 3.63) is 34.4 Å². The standard InChI is InChI=1S/C14H18N4O3/c1-5-11-12(14(19)20)16-17-18(11)7-10-9(3)13(21-4)8(2)6-15-10/h6H,5,7H2,1-4H3,(H,19,20). The largest absolute Gasteiger partial charge is 0.496 e. The lowest BCUT2D eigenvalue weighted by Gasteiger charge is -2.13. The van der Waals surface area contributed by atoms with E-state index in [1.807, 2.05) is 20.8 Å². The van der Waals surface area contributed by atoms with Gasteiger partial charge in [-0.25, -0.2) is 9.48 Å². The molecule has 0 fully saturated rings. The number of carbonyl (C=O) groups is 1. The summed E-state index contributed by atoms with van der Waals surface area (Å²) < 4.78 is 6.95. The average molecular weight is 290 g/mol. The predicted molar refractivity (Wildman–Crippen MR) is 75.7 cm³/mol. The molecular formula is C14H18N4O3. The lowest BCUT2D eigenvalue weighted by molar-refractivity contribution is 0.0689. The van der Waals surface area contributed by atoms with E-state index in [0.717, 1.165) is 22.6 Å². The highest BCUT2D eigenvalue weighted by Crippen LogP contribution is 2.24. The van der Waals surface area contributed by atoms with E-state index in [1.165, 1.54) is 0 Å². The summed E-state index contributed by atoms with van der Waals surface area (Å²) >= 11 is 0. The molecule has 0 saturated carbocycles. The Labute approximate surface area is 122 Å². The van der Waals surface area contributed by atoms with Crippen molar-refractivity contribution < 1.29 is 14.6 Å². The first kappa shape index (κ1) is 15.0. The molecule has 0 unspecified atom stereocenters. The second-order valence-electron chi connectivity index (χ2n) is 4.75. The van der Waals surface area contributed by atoms with E-state index in [2.05, 4.69) is 15.3 Å². The smallest absolute Gasteiger partial charge is 0.358 e. The first-order chi connectivity index (χ1) is 9.99. The molecule has 21 heavy (non-hydrogen) atoms. The molecule has 0 bridgehead atoms. The Morgan fingerprint density at radius 2 is 2.14 bits per heavy atom. The molecule has 0 atom stereocenters. The van der Waals surface area contributed by atoms with Gasteiger partial charge in [-0.05, 0) is 20.3 Å². The molecule has 0 aliphatic rings. The molecule has 0 radical (unpaired) electrons. The van der Waals surface area contributed by atoms with Crippen LogP contribution in [0, 0.1) is 13.8 Å². The summed E-state index contributed by atoms with van der Waals surface area (Å²) in [6.45, 7) is 6.09. The van der Waals surface area contributed by atoms with E-state index in [9.17, 15) is 4.79 Å². The molecule has 0 spiro atoms. The number of pyridine rings is 1. The van der Waals surface area contributed by atoms with Crippen LogP contribution in [0.25, 0.3) is 0 Å². The van der Waals surface area contributed by atoms with Crippen molar-refractivity contribution >= 4 is 5.97 Å². The highest BCUT2D eigenvalue weighted by atomic mass is 16.5. The van der Waals surface area contributed by atoms with Crippen molar-refractivity contribution in [2.45, 2.75) is 33.7 Å². The molecule has 0 aliphatic carbocycles. The fourth-order valence-electron chi connectivity index (χ4n) is 2.35. The molecule has 0 aromatic carbocycles. The minimum Gasteiger partial charge on any atom is -0.496 e. The van der Waals surface area contributed by atoms with E-state index in [1.54, 1.807) is 18.0 Å². The average Bonchev–Trinajstić information content (AvgIpc) is 2.85. The molecule has 0 amide bonds. The van der Waals surface area contributed by atoms with Crippen LogP contribution >= 0.6 is 0 Å². The summed E-state index contributed by atoms with van der Waals surface area (Å²) in [6, 6.07) is 0. The number of hydrogen-bond donors (Lipinski definition) is 1. The third kappa shape index (κ3) is 2.72. The molecule has 2 aromatic rings. The van der Waals surface area contributed by atoms with Gasteiger partial charge in [0.2, 0.25) is 0 Å². The Hall–Kier alpha value is -2.44. The van der Waals surface area contributed by atoms with Crippen molar-refractivity contribution in [3.8, 4) is 5.75 Å². The number of ether oxygens (including phenoxy) is 1. The zero-order valence-corrected chi connectivity index (χ0v) is 12.5. The highest BCUT2D eigenvalue weighted by molar-refractivity contribution is 5.86. The normalized spacial score (nSPS) is 10.7. The van der Waals surface area contributed by atoms with Crippen LogP contribution in [0.15, 0.2) is 6.20 Å². The second-order valence-corrected chi connectivity index (χ2v) is 4.75. The first-order valence-corrected chi connectivity index (χ1v) is 6.64. The highest BCUT2D eigenvalue weighted by Gasteiger charge is 2.19. The summed E-state index contributed by atoms with van der Waals surface area (Å²) in [5, 5.41) is 16.8. The summed E-state index contributed by atoms with van der Waals surface area (Å²) in [7, 11) is 1.62. The molecule has 2 heterocycles. The lowest BCUT2D eigenvalue weighted by Crippen LogP contribution is -2.11. The number of nitrogens with zero attached hydrogens (tertiary/aromatic N) is 4. The number of hydrogen-bond acceptors (Lipinski definition) is 5. The quantitative estimate of drug-likeness (QED) is 0.899. The van der Waals surface area contributed by atoms with Crippen LogP contribution in [0.5, 0.6) is 5.75 Å². The minimum absolute atomic E-state index is 0.00534. The number of carboxylic acids is 1. The molecule has 112 valence electrons. The van der Waals surface area contributed by atoms with Gasteiger partial charge < -0.3 is 9.84 Å². The Balaban J connectivity index is 2.41. The van der Waals surface area contributed by atoms with E-state index in [4.69, 9.17) is 9.84 Å². The second kappa shape index (κ2) is 5.90. The Morgan fingerprint density at radius 3 is 2.71 bits per heavy atom. The molecule has 0 saturated heterocycles. The maximum absolute atomic E-state index is 11.1. The molecule has 7 heteroatoms. The Kier molecular flexibility index (Phi) is 4.21. The Morgan fingerprint density at radius 1 is 1.43 bits per heavy atom. The van der Waals surface area contributed by atoms with Gasteiger partial charge in [-0.1, -0.05) is 12.1 Å². The van der Waals surface area contributed by atoms with E-state index < -0.39 is 5.97 Å². The summed E-state index contributed by atoms with van der Waals surface area (Å²) in [5.41, 5.74) is 3.25. The van der Waals surface area contributed by atoms with Gasteiger partial charge in [0, 0.05) is 17.3 Å². The van der Waals surface area contributed by atoms with Crippen LogP contribution in [0.3, 0.4) is 0 Å². The van der Waals surface area contributed by atoms with Gasteiger partial charge in [-0.3, -0.25) is 4.98 Å². The van der Waals surface area contributed by atoms with Crippen LogP contribution < -0.4 is 4.74 Å². The SMILES string of the molecule is CCc1c(C(=O)O)nnn1Cc1ncc(C)c(OC)c1C. The fourth-order valence-corrected chi connectivity index (χ4v) is 2.35. The van der Waals surface area contributed by atoms with Gasteiger partial charge in [0.25, 0.3) is 0 Å². The minimum atomic E-state index is -1.07. The predicted octanol–water partition coefficient (Wildman–Crippen LogP) is 1.61. The van der Waals surface area contributed by atoms with Crippen molar-refractivity contribution in [2.24, 2.45) is 0 Å². The van der Waals surface area contributed by atoms with Crippen LogP contribution in [-0.2, 0) is 13.0 Å². The van der Waals surface area contributed by atoms with Crippen molar-refractivity contribution in [1.29, 1.82) is 0 Å². The zero-order valence-electron chi connectivity index (χ0n) is 12.5. The first-order valence-electron chi connectivity index (χ1n) is 6.64. The van der Waals surface area contributed by atoms with Crippen molar-refractivity contribution in [3.63, 3.8) is 0 Å². The van der Waals surface area contributed by atoms with Gasteiger partial charge in [-0.2, -0.15) is 0 Å². The molecule has 7 nitrogen and oxygen atoms in total. The molecule has 2 rings (SSSR count). The van der Waals surface area contributed by atoms with Crippen LogP contribution in [-0.4, -0.2) is 38.2 Å². The number of rotatable bonds is 5. The molecule has 1 N–H and O–H groups in total. The van der Waals surface area contributed by atoms with Gasteiger partial charge >= 0.3 is 5.97 Å². The zero-order chi connectivity index (χ0) is 15.6. The maximum Gasteiger partial charge on any atom is 0.358 e. The van der Waals surface area contributed by atoms with Gasteiger partial charge in [0.15, 0.2) is 5.69 Å². The van der Waals surface area contributed by atoms with Crippen LogP contribution in [0.2, 0.25) is 0 Å². The number of aromatic carboxylic acids is 1. The maximum atomic E-state index is 11.1. The van der Waals surface area contributed by atoms with Gasteiger partial charge in [0.05, 0.1) is 25.0 Å². The number of aromatic nitrogens is 4. The fraction of sp³-hybridized carbons (Fsp3) is 0.429. The third-order valence-electron chi connectivity index (χ3n) is 3.42. The van der Waals surface area contributed by atoms with E-state index >= 15 is 0 Å². The van der Waals surface area contributed by atoms with Crippen LogP contribution in [0.1, 0.15) is 39.9 Å². The summed E-state index contributed by atoms with van der Waals surface area (Å²) in [6.07, 6.45) is 2.28. The topological polar surface area (TPSA) is 90.1 Å². The van der Waals surface area contributed by atoms with E-state index in [0.29, 0.717) is 18.7 Å². The van der Waals surface area contributed by atoms with Gasteiger partial charge in [0.1, 0.15) is 5.75 Å². The van der Waals surface area contributed by atoms with Crippen molar-refractivity contribution in [1.82, 2.24) is 20.0 Å². The number of carboxylic acid groups (broad SMARTS) is 1. The molecule has 2 aromatic heterocycles. The number of aryl methyl sites for hydroxylation is 1. The molecular weight excluding hydrogens is 272 g/mol.